The van der Waals surface area contributed by atoms with E-state index in [0.717, 1.165) is 48.0 Å². The molecule has 29 heavy (non-hydrogen) atoms. The Morgan fingerprint density at radius 3 is 2.72 bits per heavy atom. The third-order valence-corrected chi connectivity index (χ3v) is 5.45. The fraction of sp³-hybridized carbons (Fsp3) is 0.429. The zero-order valence-corrected chi connectivity index (χ0v) is 16.7. The van der Waals surface area contributed by atoms with Crippen molar-refractivity contribution in [2.45, 2.75) is 25.9 Å². The molecule has 1 fully saturated rings. The second-order valence-electron chi connectivity index (χ2n) is 7.72. The van der Waals surface area contributed by atoms with Gasteiger partial charge in [0.2, 0.25) is 5.91 Å². The van der Waals surface area contributed by atoms with E-state index in [1.54, 1.807) is 24.0 Å². The molecule has 7 nitrogen and oxygen atoms in total. The Kier molecular flexibility index (Phi) is 5.53. The molecule has 1 aliphatic heterocycles. The second-order valence-corrected chi connectivity index (χ2v) is 7.72. The first-order valence-electron chi connectivity index (χ1n) is 9.92. The number of piperidine rings is 1. The number of benzene rings is 1. The first kappa shape index (κ1) is 19.4. The van der Waals surface area contributed by atoms with Crippen LogP contribution < -0.4 is 5.32 Å². The predicted octanol–water partition coefficient (Wildman–Crippen LogP) is 3.04. The maximum absolute atomic E-state index is 13.2. The van der Waals surface area contributed by atoms with Gasteiger partial charge in [-0.05, 0) is 50.4 Å². The van der Waals surface area contributed by atoms with Gasteiger partial charge < -0.3 is 10.2 Å². The first-order valence-corrected chi connectivity index (χ1v) is 9.92. The normalized spacial score (nSPS) is 16.8. The summed E-state index contributed by atoms with van der Waals surface area (Å²) in [5.41, 5.74) is 1.92. The Labute approximate surface area is 168 Å². The maximum atomic E-state index is 13.2. The number of hydrogen-bond donors (Lipinski definition) is 1. The number of nitrogens with zero attached hydrogens (tertiary/aromatic N) is 5. The minimum Gasteiger partial charge on any atom is -0.310 e. The fourth-order valence-corrected chi connectivity index (χ4v) is 3.88. The lowest BCUT2D eigenvalue weighted by Gasteiger charge is -2.31. The highest BCUT2D eigenvalue weighted by Crippen LogP contribution is 2.25. The summed E-state index contributed by atoms with van der Waals surface area (Å²) >= 11 is 0. The van der Waals surface area contributed by atoms with Crippen molar-refractivity contribution >= 4 is 22.5 Å². The summed E-state index contributed by atoms with van der Waals surface area (Å²) in [6, 6.07) is 7.94. The quantitative estimate of drug-likeness (QED) is 0.717. The average Bonchev–Trinajstić information content (AvgIpc) is 3.13. The highest BCUT2D eigenvalue weighted by molar-refractivity contribution is 5.95. The highest BCUT2D eigenvalue weighted by Gasteiger charge is 2.25. The van der Waals surface area contributed by atoms with E-state index >= 15 is 0 Å². The van der Waals surface area contributed by atoms with Crippen LogP contribution in [0.15, 0.2) is 36.7 Å². The molecule has 3 aromatic rings. The molecule has 1 aromatic carbocycles. The molecule has 1 N–H and O–H groups in total. The Hall–Kier alpha value is -2.87. The van der Waals surface area contributed by atoms with E-state index in [1.165, 1.54) is 0 Å². The summed E-state index contributed by atoms with van der Waals surface area (Å²) in [6.45, 7) is 3.51. The number of fused-ring (bicyclic) bond motifs is 1. The SMILES string of the molecule is CC(F)CN1CCC(C(=O)Nc2cc3cc(-c4cnnn4C)ccc3cn2)CC1. The van der Waals surface area contributed by atoms with Crippen molar-refractivity contribution in [1.29, 1.82) is 0 Å². The molecular weight excluding hydrogens is 371 g/mol. The van der Waals surface area contributed by atoms with Crippen molar-refractivity contribution < 1.29 is 9.18 Å². The van der Waals surface area contributed by atoms with Gasteiger partial charge in [0.25, 0.3) is 0 Å². The molecule has 3 heterocycles. The minimum atomic E-state index is -0.839. The number of carbonyl (C=O) groups is 1. The van der Waals surface area contributed by atoms with Crippen molar-refractivity contribution in [2.24, 2.45) is 13.0 Å². The number of carbonyl (C=O) groups excluding carboxylic acids is 1. The molecule has 152 valence electrons. The smallest absolute Gasteiger partial charge is 0.228 e. The van der Waals surface area contributed by atoms with Gasteiger partial charge in [-0.15, -0.1) is 5.10 Å². The molecular formula is C21H25FN6O. The van der Waals surface area contributed by atoms with Crippen LogP contribution in [0.3, 0.4) is 0 Å². The standard InChI is InChI=1S/C21H25FN6O/c1-14(22)13-28-7-5-15(6-8-28)21(29)25-20-10-18-9-16(3-4-17(18)11-23-20)19-12-24-26-27(19)2/h3-4,9-12,14-15H,5-8,13H2,1-2H3,(H,23,25,29). The molecule has 0 bridgehead atoms. The third kappa shape index (κ3) is 4.42. The fourth-order valence-electron chi connectivity index (χ4n) is 3.88. The number of likely N-dealkylation sites (tertiary alicyclic amines) is 1. The Bertz CT molecular complexity index is 1010. The molecule has 1 saturated heterocycles. The van der Waals surface area contributed by atoms with E-state index in [2.05, 4.69) is 25.5 Å². The number of pyridine rings is 1. The van der Waals surface area contributed by atoms with E-state index in [9.17, 15) is 9.18 Å². The van der Waals surface area contributed by atoms with Crippen LogP contribution in [0.1, 0.15) is 19.8 Å². The number of aromatic nitrogens is 4. The predicted molar refractivity (Wildman–Crippen MR) is 110 cm³/mol. The lowest BCUT2D eigenvalue weighted by atomic mass is 9.95. The van der Waals surface area contributed by atoms with E-state index in [0.29, 0.717) is 12.4 Å². The summed E-state index contributed by atoms with van der Waals surface area (Å²) in [5, 5.41) is 12.8. The highest BCUT2D eigenvalue weighted by atomic mass is 19.1. The van der Waals surface area contributed by atoms with Crippen LogP contribution in [0, 0.1) is 5.92 Å². The second kappa shape index (κ2) is 8.24. The third-order valence-electron chi connectivity index (χ3n) is 5.45. The van der Waals surface area contributed by atoms with Gasteiger partial charge in [-0.2, -0.15) is 0 Å². The van der Waals surface area contributed by atoms with E-state index in [-0.39, 0.29) is 11.8 Å². The zero-order chi connectivity index (χ0) is 20.4. The molecule has 1 unspecified atom stereocenters. The van der Waals surface area contributed by atoms with Crippen molar-refractivity contribution in [1.82, 2.24) is 24.9 Å². The van der Waals surface area contributed by atoms with Crippen molar-refractivity contribution in [3.8, 4) is 11.3 Å². The molecule has 8 heteroatoms. The van der Waals surface area contributed by atoms with Gasteiger partial charge in [0.05, 0.1) is 11.9 Å². The van der Waals surface area contributed by atoms with Gasteiger partial charge >= 0.3 is 0 Å². The minimum absolute atomic E-state index is 0.0169. The molecule has 0 spiro atoms. The Morgan fingerprint density at radius 2 is 2.03 bits per heavy atom. The Balaban J connectivity index is 1.45. The summed E-state index contributed by atoms with van der Waals surface area (Å²) < 4.78 is 14.9. The van der Waals surface area contributed by atoms with Gasteiger partial charge in [-0.1, -0.05) is 17.3 Å². The number of halogens is 1. The maximum Gasteiger partial charge on any atom is 0.228 e. The Morgan fingerprint density at radius 1 is 1.24 bits per heavy atom. The number of aryl methyl sites for hydroxylation is 1. The van der Waals surface area contributed by atoms with Crippen molar-refractivity contribution in [3.05, 3.63) is 36.7 Å². The monoisotopic (exact) mass is 396 g/mol. The van der Waals surface area contributed by atoms with Gasteiger partial charge in [0, 0.05) is 36.7 Å². The van der Waals surface area contributed by atoms with Crippen molar-refractivity contribution in [3.63, 3.8) is 0 Å². The lowest BCUT2D eigenvalue weighted by molar-refractivity contribution is -0.121. The summed E-state index contributed by atoms with van der Waals surface area (Å²) in [6.07, 6.45) is 4.13. The van der Waals surface area contributed by atoms with Crippen LogP contribution >= 0.6 is 0 Å². The molecule has 0 aliphatic carbocycles. The number of hydrogen-bond acceptors (Lipinski definition) is 5. The van der Waals surface area contributed by atoms with Crippen molar-refractivity contribution in [2.75, 3.05) is 25.0 Å². The molecule has 2 aromatic heterocycles. The van der Waals surface area contributed by atoms with E-state index in [4.69, 9.17) is 0 Å². The molecule has 0 saturated carbocycles. The first-order chi connectivity index (χ1) is 14.0. The molecule has 1 aliphatic rings. The zero-order valence-electron chi connectivity index (χ0n) is 16.7. The summed E-state index contributed by atoms with van der Waals surface area (Å²) in [5.74, 6) is 0.463. The average molecular weight is 396 g/mol. The molecule has 1 atom stereocenters. The number of rotatable bonds is 5. The number of anilines is 1. The van der Waals surface area contributed by atoms with Gasteiger partial charge in [-0.3, -0.25) is 4.79 Å². The van der Waals surface area contributed by atoms with Crippen LogP contribution in [0.2, 0.25) is 0 Å². The van der Waals surface area contributed by atoms with Gasteiger partial charge in [0.15, 0.2) is 0 Å². The summed E-state index contributed by atoms with van der Waals surface area (Å²) in [7, 11) is 1.85. The number of alkyl halides is 1. The summed E-state index contributed by atoms with van der Waals surface area (Å²) in [4.78, 5) is 19.1. The largest absolute Gasteiger partial charge is 0.310 e. The number of nitrogens with one attached hydrogen (secondary N) is 1. The van der Waals surface area contributed by atoms with Crippen LogP contribution in [0.4, 0.5) is 10.2 Å². The topological polar surface area (TPSA) is 75.9 Å². The van der Waals surface area contributed by atoms with Gasteiger partial charge in [0.1, 0.15) is 12.0 Å². The lowest BCUT2D eigenvalue weighted by Crippen LogP contribution is -2.40. The van der Waals surface area contributed by atoms with Crippen LogP contribution in [-0.4, -0.2) is 56.6 Å². The molecule has 1 amide bonds. The van der Waals surface area contributed by atoms with E-state index < -0.39 is 6.17 Å². The van der Waals surface area contributed by atoms with E-state index in [1.807, 2.05) is 31.3 Å². The number of amides is 1. The molecule has 0 radical (unpaired) electrons. The molecule has 4 rings (SSSR count). The van der Waals surface area contributed by atoms with Crippen LogP contribution in [0.5, 0.6) is 0 Å². The van der Waals surface area contributed by atoms with Gasteiger partial charge in [-0.25, -0.2) is 14.1 Å². The van der Waals surface area contributed by atoms with Crippen LogP contribution in [-0.2, 0) is 11.8 Å². The van der Waals surface area contributed by atoms with Crippen LogP contribution in [0.25, 0.3) is 22.0 Å².